The summed E-state index contributed by atoms with van der Waals surface area (Å²) in [5, 5.41) is 20.7. The Hall–Kier alpha value is -1.48. The first-order chi connectivity index (χ1) is 10.1. The summed E-state index contributed by atoms with van der Waals surface area (Å²) in [4.78, 5) is 0. The van der Waals surface area contributed by atoms with Crippen molar-refractivity contribution in [2.75, 3.05) is 0 Å². The SMILES string of the molecule is CCC[C@]12c3c4ccc(O)c3O[C@H]1[C@@H](O)C=CC2[C@H](C)C4. The maximum Gasteiger partial charge on any atom is 0.165 e. The van der Waals surface area contributed by atoms with Gasteiger partial charge in [0.2, 0.25) is 0 Å². The molecule has 0 radical (unpaired) electrons. The third-order valence-electron chi connectivity index (χ3n) is 5.68. The molecule has 1 heterocycles. The monoisotopic (exact) mass is 286 g/mol. The number of benzene rings is 1. The Morgan fingerprint density at radius 3 is 2.90 bits per heavy atom. The van der Waals surface area contributed by atoms with E-state index in [0.717, 1.165) is 19.3 Å². The minimum Gasteiger partial charge on any atom is -0.504 e. The molecule has 3 heteroatoms. The van der Waals surface area contributed by atoms with Gasteiger partial charge in [0.05, 0.1) is 0 Å². The van der Waals surface area contributed by atoms with Gasteiger partial charge in [-0.1, -0.05) is 38.5 Å². The smallest absolute Gasteiger partial charge is 0.165 e. The predicted molar refractivity (Wildman–Crippen MR) is 80.6 cm³/mol. The molecule has 21 heavy (non-hydrogen) atoms. The van der Waals surface area contributed by atoms with Crippen LogP contribution in [0.3, 0.4) is 0 Å². The number of aromatic hydroxyl groups is 1. The van der Waals surface area contributed by atoms with Crippen molar-refractivity contribution in [3.63, 3.8) is 0 Å². The molecule has 1 aliphatic heterocycles. The summed E-state index contributed by atoms with van der Waals surface area (Å²) in [6, 6.07) is 3.77. The van der Waals surface area contributed by atoms with Crippen LogP contribution in [0.2, 0.25) is 0 Å². The second-order valence-corrected chi connectivity index (χ2v) is 6.86. The second-order valence-electron chi connectivity index (χ2n) is 6.86. The third kappa shape index (κ3) is 1.48. The number of hydrogen-bond acceptors (Lipinski definition) is 3. The Morgan fingerprint density at radius 2 is 2.14 bits per heavy atom. The van der Waals surface area contributed by atoms with E-state index in [1.807, 2.05) is 12.1 Å². The molecule has 0 saturated heterocycles. The summed E-state index contributed by atoms with van der Waals surface area (Å²) in [7, 11) is 0. The molecule has 0 bridgehead atoms. The highest BCUT2D eigenvalue weighted by Crippen LogP contribution is 2.61. The highest BCUT2D eigenvalue weighted by atomic mass is 16.5. The molecule has 3 aliphatic rings. The number of phenolic OH excluding ortho intramolecular Hbond substituents is 1. The molecule has 5 atom stereocenters. The van der Waals surface area contributed by atoms with Gasteiger partial charge in [-0.3, -0.25) is 0 Å². The maximum absolute atomic E-state index is 10.5. The first-order valence-corrected chi connectivity index (χ1v) is 7.98. The molecule has 4 rings (SSSR count). The summed E-state index contributed by atoms with van der Waals surface area (Å²) in [5.74, 6) is 1.72. The first kappa shape index (κ1) is 13.2. The molecule has 2 N–H and O–H groups in total. The van der Waals surface area contributed by atoms with Gasteiger partial charge in [-0.25, -0.2) is 0 Å². The van der Waals surface area contributed by atoms with Crippen LogP contribution in [0.15, 0.2) is 24.3 Å². The standard InChI is InChI=1S/C18H22O3/c1-3-8-18-12-5-7-14(20)17(18)21-16-13(19)6-4-11(15(16)18)9-10(12)2/h4-7,10,12,14,17,19-20H,3,8-9H2,1-2H3/t10-,12?,14+,17+,18+/m1/s1. The van der Waals surface area contributed by atoms with Crippen molar-refractivity contribution in [3.8, 4) is 11.5 Å². The summed E-state index contributed by atoms with van der Waals surface area (Å²) >= 11 is 0. The predicted octanol–water partition coefficient (Wildman–Crippen LogP) is 2.93. The highest BCUT2D eigenvalue weighted by molar-refractivity contribution is 5.60. The molecule has 1 unspecified atom stereocenters. The number of allylic oxidation sites excluding steroid dienone is 1. The third-order valence-corrected chi connectivity index (χ3v) is 5.68. The molecular formula is C18H22O3. The second kappa shape index (κ2) is 4.26. The Labute approximate surface area is 125 Å². The van der Waals surface area contributed by atoms with Crippen LogP contribution in [0.25, 0.3) is 0 Å². The van der Waals surface area contributed by atoms with Crippen LogP contribution in [-0.4, -0.2) is 22.4 Å². The lowest BCUT2D eigenvalue weighted by Crippen LogP contribution is -2.55. The molecule has 1 aromatic rings. The molecule has 2 aliphatic carbocycles. The van der Waals surface area contributed by atoms with Crippen molar-refractivity contribution in [2.24, 2.45) is 11.8 Å². The minimum atomic E-state index is -0.599. The fourth-order valence-corrected chi connectivity index (χ4v) is 5.04. The first-order valence-electron chi connectivity index (χ1n) is 7.98. The van der Waals surface area contributed by atoms with Crippen LogP contribution in [0.1, 0.15) is 37.8 Å². The molecule has 0 amide bonds. The topological polar surface area (TPSA) is 49.7 Å². The van der Waals surface area contributed by atoms with Crippen molar-refractivity contribution < 1.29 is 14.9 Å². The van der Waals surface area contributed by atoms with E-state index in [2.05, 4.69) is 19.9 Å². The molecule has 1 aromatic carbocycles. The fraction of sp³-hybridized carbons (Fsp3) is 0.556. The number of phenols is 1. The van der Waals surface area contributed by atoms with Gasteiger partial charge in [0, 0.05) is 11.0 Å². The van der Waals surface area contributed by atoms with Gasteiger partial charge in [-0.05, 0) is 36.3 Å². The Balaban J connectivity index is 2.03. The molecule has 3 nitrogen and oxygen atoms in total. The van der Waals surface area contributed by atoms with Crippen LogP contribution >= 0.6 is 0 Å². The summed E-state index contributed by atoms with van der Waals surface area (Å²) in [6.07, 6.45) is 6.24. The quantitative estimate of drug-likeness (QED) is 0.822. The van der Waals surface area contributed by atoms with Crippen LogP contribution < -0.4 is 4.74 Å². The van der Waals surface area contributed by atoms with E-state index < -0.39 is 6.10 Å². The zero-order valence-electron chi connectivity index (χ0n) is 12.5. The van der Waals surface area contributed by atoms with E-state index in [9.17, 15) is 10.2 Å². The lowest BCUT2D eigenvalue weighted by atomic mass is 9.53. The lowest BCUT2D eigenvalue weighted by molar-refractivity contribution is -0.0106. The number of aliphatic hydroxyl groups is 1. The lowest BCUT2D eigenvalue weighted by Gasteiger charge is -2.49. The Bertz CT molecular complexity index is 621. The van der Waals surface area contributed by atoms with Crippen molar-refractivity contribution in [3.05, 3.63) is 35.4 Å². The van der Waals surface area contributed by atoms with Gasteiger partial charge in [-0.15, -0.1) is 0 Å². The van der Waals surface area contributed by atoms with Gasteiger partial charge >= 0.3 is 0 Å². The highest BCUT2D eigenvalue weighted by Gasteiger charge is 2.60. The van der Waals surface area contributed by atoms with Gasteiger partial charge in [-0.2, -0.15) is 0 Å². The number of ether oxygens (including phenoxy) is 1. The molecule has 0 aromatic heterocycles. The molecule has 112 valence electrons. The fourth-order valence-electron chi connectivity index (χ4n) is 5.04. The van der Waals surface area contributed by atoms with E-state index in [4.69, 9.17) is 4.74 Å². The van der Waals surface area contributed by atoms with E-state index in [1.165, 1.54) is 11.1 Å². The van der Waals surface area contributed by atoms with Crippen LogP contribution in [-0.2, 0) is 11.8 Å². The van der Waals surface area contributed by atoms with E-state index in [1.54, 1.807) is 6.07 Å². The zero-order chi connectivity index (χ0) is 14.8. The Kier molecular flexibility index (Phi) is 2.68. The van der Waals surface area contributed by atoms with E-state index in [-0.39, 0.29) is 17.3 Å². The average molecular weight is 286 g/mol. The van der Waals surface area contributed by atoms with Gasteiger partial charge < -0.3 is 14.9 Å². The minimum absolute atomic E-state index is 0.177. The van der Waals surface area contributed by atoms with Crippen LogP contribution in [0.5, 0.6) is 11.5 Å². The van der Waals surface area contributed by atoms with E-state index in [0.29, 0.717) is 17.6 Å². The maximum atomic E-state index is 10.5. The largest absolute Gasteiger partial charge is 0.504 e. The molecule has 0 saturated carbocycles. The molecular weight excluding hydrogens is 264 g/mol. The molecule has 0 fully saturated rings. The summed E-state index contributed by atoms with van der Waals surface area (Å²) in [6.45, 7) is 4.47. The van der Waals surface area contributed by atoms with Gasteiger partial charge in [0.25, 0.3) is 0 Å². The van der Waals surface area contributed by atoms with Crippen LogP contribution in [0, 0.1) is 11.8 Å². The average Bonchev–Trinajstić information content (AvgIpc) is 2.80. The van der Waals surface area contributed by atoms with Crippen molar-refractivity contribution >= 4 is 0 Å². The number of hydrogen-bond donors (Lipinski definition) is 2. The molecule has 0 spiro atoms. The summed E-state index contributed by atoms with van der Waals surface area (Å²) < 4.78 is 6.10. The van der Waals surface area contributed by atoms with Crippen molar-refractivity contribution in [2.45, 2.75) is 50.7 Å². The Morgan fingerprint density at radius 1 is 1.33 bits per heavy atom. The van der Waals surface area contributed by atoms with Gasteiger partial charge in [0.15, 0.2) is 11.5 Å². The zero-order valence-corrected chi connectivity index (χ0v) is 12.5. The van der Waals surface area contributed by atoms with Crippen molar-refractivity contribution in [1.29, 1.82) is 0 Å². The summed E-state index contributed by atoms with van der Waals surface area (Å²) in [5.41, 5.74) is 2.27. The number of rotatable bonds is 2. The van der Waals surface area contributed by atoms with Crippen LogP contribution in [0.4, 0.5) is 0 Å². The number of aliphatic hydroxyl groups excluding tert-OH is 1. The van der Waals surface area contributed by atoms with Gasteiger partial charge in [0.1, 0.15) is 12.2 Å². The van der Waals surface area contributed by atoms with E-state index >= 15 is 0 Å². The normalized spacial score (nSPS) is 39.0. The van der Waals surface area contributed by atoms with Crippen molar-refractivity contribution in [1.82, 2.24) is 0 Å².